The third-order valence-corrected chi connectivity index (χ3v) is 3.10. The van der Waals surface area contributed by atoms with Gasteiger partial charge in [0.25, 0.3) is 5.91 Å². The van der Waals surface area contributed by atoms with Crippen LogP contribution in [0.5, 0.6) is 0 Å². The second kappa shape index (κ2) is 3.60. The van der Waals surface area contributed by atoms with Gasteiger partial charge in [-0.05, 0) is 25.1 Å². The van der Waals surface area contributed by atoms with Gasteiger partial charge in [-0.25, -0.2) is 4.98 Å². The fraction of sp³-hybridized carbons (Fsp3) is 0.167. The van der Waals surface area contributed by atoms with Gasteiger partial charge in [0, 0.05) is 16.9 Å². The number of hydrogen-bond donors (Lipinski definition) is 1. The maximum absolute atomic E-state index is 11.9. The van der Waals surface area contributed by atoms with E-state index < -0.39 is 0 Å². The van der Waals surface area contributed by atoms with Gasteiger partial charge in [-0.15, -0.1) is 0 Å². The lowest BCUT2D eigenvalue weighted by molar-refractivity contribution is 0.0952. The standard InChI is InChI=1S/C12H10ClN3O/c1-7-5-14-11-6-15-12(17)9-4-8(13)2-3-10(9)16(7)11/h2-5H,6H2,1H3,(H,15,17). The van der Waals surface area contributed by atoms with Crippen LogP contribution in [0, 0.1) is 6.92 Å². The molecule has 2 aromatic rings. The Labute approximate surface area is 103 Å². The molecule has 3 rings (SSSR count). The van der Waals surface area contributed by atoms with Gasteiger partial charge in [-0.2, -0.15) is 0 Å². The maximum atomic E-state index is 11.9. The molecule has 1 aromatic carbocycles. The average molecular weight is 248 g/mol. The molecule has 2 heterocycles. The molecule has 0 saturated heterocycles. The number of fused-ring (bicyclic) bond motifs is 3. The largest absolute Gasteiger partial charge is 0.345 e. The highest BCUT2D eigenvalue weighted by atomic mass is 35.5. The van der Waals surface area contributed by atoms with Crippen molar-refractivity contribution in [3.63, 3.8) is 0 Å². The van der Waals surface area contributed by atoms with Crippen molar-refractivity contribution in [1.82, 2.24) is 14.9 Å². The number of imidazole rings is 1. The molecule has 0 unspecified atom stereocenters. The first-order chi connectivity index (χ1) is 8.16. The van der Waals surface area contributed by atoms with E-state index in [-0.39, 0.29) is 5.91 Å². The Morgan fingerprint density at radius 2 is 2.29 bits per heavy atom. The molecule has 1 aromatic heterocycles. The van der Waals surface area contributed by atoms with Crippen LogP contribution < -0.4 is 5.32 Å². The van der Waals surface area contributed by atoms with Crippen LogP contribution in [0.25, 0.3) is 5.69 Å². The molecule has 0 radical (unpaired) electrons. The topological polar surface area (TPSA) is 46.9 Å². The first kappa shape index (κ1) is 10.4. The van der Waals surface area contributed by atoms with E-state index in [1.807, 2.05) is 17.6 Å². The summed E-state index contributed by atoms with van der Waals surface area (Å²) in [5.41, 5.74) is 2.41. The zero-order valence-corrected chi connectivity index (χ0v) is 9.95. The van der Waals surface area contributed by atoms with Crippen molar-refractivity contribution >= 4 is 17.5 Å². The molecule has 0 aliphatic carbocycles. The second-order valence-corrected chi connectivity index (χ2v) is 4.43. The molecule has 0 fully saturated rings. The fourth-order valence-electron chi connectivity index (χ4n) is 2.08. The predicted octanol–water partition coefficient (Wildman–Crippen LogP) is 2.08. The van der Waals surface area contributed by atoms with Crippen molar-refractivity contribution in [3.05, 3.63) is 46.5 Å². The molecule has 0 saturated carbocycles. The molecule has 86 valence electrons. The summed E-state index contributed by atoms with van der Waals surface area (Å²) < 4.78 is 1.98. The summed E-state index contributed by atoms with van der Waals surface area (Å²) in [4.78, 5) is 16.2. The summed E-state index contributed by atoms with van der Waals surface area (Å²) >= 11 is 5.93. The first-order valence-electron chi connectivity index (χ1n) is 5.28. The van der Waals surface area contributed by atoms with E-state index in [2.05, 4.69) is 10.3 Å². The molecule has 1 amide bonds. The SMILES string of the molecule is Cc1cnc2n1-c1ccc(Cl)cc1C(=O)NC2. The molecule has 0 bridgehead atoms. The van der Waals surface area contributed by atoms with Gasteiger partial charge < -0.3 is 5.32 Å². The lowest BCUT2D eigenvalue weighted by atomic mass is 10.1. The van der Waals surface area contributed by atoms with Gasteiger partial charge >= 0.3 is 0 Å². The second-order valence-electron chi connectivity index (χ2n) is 4.00. The number of carbonyl (C=O) groups excluding carboxylic acids is 1. The number of benzene rings is 1. The van der Waals surface area contributed by atoms with E-state index in [0.717, 1.165) is 17.2 Å². The molecular weight excluding hydrogens is 238 g/mol. The normalized spacial score (nSPS) is 13.6. The monoisotopic (exact) mass is 247 g/mol. The number of aryl methyl sites for hydroxylation is 1. The fourth-order valence-corrected chi connectivity index (χ4v) is 2.25. The Kier molecular flexibility index (Phi) is 2.19. The number of halogens is 1. The van der Waals surface area contributed by atoms with Crippen molar-refractivity contribution in [2.45, 2.75) is 13.5 Å². The zero-order chi connectivity index (χ0) is 12.0. The van der Waals surface area contributed by atoms with Crippen molar-refractivity contribution in [2.75, 3.05) is 0 Å². The first-order valence-corrected chi connectivity index (χ1v) is 5.66. The van der Waals surface area contributed by atoms with E-state index in [1.165, 1.54) is 0 Å². The molecule has 5 heteroatoms. The lowest BCUT2D eigenvalue weighted by Crippen LogP contribution is -2.21. The molecule has 4 nitrogen and oxygen atoms in total. The molecular formula is C12H10ClN3O. The van der Waals surface area contributed by atoms with E-state index in [4.69, 9.17) is 11.6 Å². The average Bonchev–Trinajstić information content (AvgIpc) is 2.61. The molecule has 17 heavy (non-hydrogen) atoms. The smallest absolute Gasteiger partial charge is 0.253 e. The molecule has 0 atom stereocenters. The molecule has 1 aliphatic heterocycles. The Balaban J connectivity index is 2.34. The van der Waals surface area contributed by atoms with Crippen LogP contribution in [0.1, 0.15) is 21.9 Å². The van der Waals surface area contributed by atoms with E-state index in [1.54, 1.807) is 18.3 Å². The van der Waals surface area contributed by atoms with Gasteiger partial charge in [0.1, 0.15) is 5.82 Å². The maximum Gasteiger partial charge on any atom is 0.253 e. The number of hydrogen-bond acceptors (Lipinski definition) is 2. The highest BCUT2D eigenvalue weighted by Gasteiger charge is 2.21. The Hall–Kier alpha value is -1.81. The summed E-state index contributed by atoms with van der Waals surface area (Å²) in [6.07, 6.45) is 1.80. The van der Waals surface area contributed by atoms with Crippen LogP contribution in [0.2, 0.25) is 5.02 Å². The van der Waals surface area contributed by atoms with Crippen molar-refractivity contribution in [1.29, 1.82) is 0 Å². The minimum Gasteiger partial charge on any atom is -0.345 e. The summed E-state index contributed by atoms with van der Waals surface area (Å²) in [6, 6.07) is 5.31. The number of carbonyl (C=O) groups is 1. The Morgan fingerprint density at radius 3 is 3.12 bits per heavy atom. The van der Waals surface area contributed by atoms with Crippen molar-refractivity contribution in [3.8, 4) is 5.69 Å². The van der Waals surface area contributed by atoms with Crippen LogP contribution in [-0.4, -0.2) is 15.5 Å². The third-order valence-electron chi connectivity index (χ3n) is 2.86. The number of amides is 1. The lowest BCUT2D eigenvalue weighted by Gasteiger charge is -2.09. The minimum absolute atomic E-state index is 0.118. The Morgan fingerprint density at radius 1 is 1.47 bits per heavy atom. The summed E-state index contributed by atoms with van der Waals surface area (Å²) in [7, 11) is 0. The third kappa shape index (κ3) is 1.52. The number of nitrogens with zero attached hydrogens (tertiary/aromatic N) is 2. The van der Waals surface area contributed by atoms with Gasteiger partial charge in [0.05, 0.1) is 17.8 Å². The van der Waals surface area contributed by atoms with Crippen LogP contribution >= 0.6 is 11.6 Å². The molecule has 1 N–H and O–H groups in total. The number of aromatic nitrogens is 2. The van der Waals surface area contributed by atoms with Crippen LogP contribution in [0.15, 0.2) is 24.4 Å². The predicted molar refractivity (Wildman–Crippen MR) is 64.5 cm³/mol. The highest BCUT2D eigenvalue weighted by molar-refractivity contribution is 6.31. The van der Waals surface area contributed by atoms with Gasteiger partial charge in [-0.3, -0.25) is 9.36 Å². The van der Waals surface area contributed by atoms with Crippen LogP contribution in [-0.2, 0) is 6.54 Å². The minimum atomic E-state index is -0.118. The van der Waals surface area contributed by atoms with Gasteiger partial charge in [-0.1, -0.05) is 11.6 Å². The summed E-state index contributed by atoms with van der Waals surface area (Å²) in [5.74, 6) is 0.712. The zero-order valence-electron chi connectivity index (χ0n) is 9.20. The highest BCUT2D eigenvalue weighted by Crippen LogP contribution is 2.24. The van der Waals surface area contributed by atoms with Gasteiger partial charge in [0.15, 0.2) is 0 Å². The van der Waals surface area contributed by atoms with E-state index in [0.29, 0.717) is 17.1 Å². The van der Waals surface area contributed by atoms with E-state index >= 15 is 0 Å². The van der Waals surface area contributed by atoms with Gasteiger partial charge in [0.2, 0.25) is 0 Å². The van der Waals surface area contributed by atoms with Crippen LogP contribution in [0.3, 0.4) is 0 Å². The molecule has 1 aliphatic rings. The number of nitrogens with one attached hydrogen (secondary N) is 1. The quantitative estimate of drug-likeness (QED) is 0.775. The summed E-state index contributed by atoms with van der Waals surface area (Å²) in [5, 5.41) is 3.37. The van der Waals surface area contributed by atoms with Crippen molar-refractivity contribution in [2.24, 2.45) is 0 Å². The summed E-state index contributed by atoms with van der Waals surface area (Å²) in [6.45, 7) is 2.39. The number of rotatable bonds is 0. The Bertz CT molecular complexity index is 618. The van der Waals surface area contributed by atoms with Crippen LogP contribution in [0.4, 0.5) is 0 Å². The molecule has 0 spiro atoms. The van der Waals surface area contributed by atoms with Crippen molar-refractivity contribution < 1.29 is 4.79 Å². The van der Waals surface area contributed by atoms with E-state index in [9.17, 15) is 4.79 Å².